The van der Waals surface area contributed by atoms with Crippen LogP contribution in [0.4, 0.5) is 11.4 Å². The second-order valence-corrected chi connectivity index (χ2v) is 6.67. The number of nitrogens with two attached hydrogens (primary N) is 1. The number of sulfonamides is 1. The summed E-state index contributed by atoms with van der Waals surface area (Å²) in [6.45, 7) is 1.32. The number of nitro groups is 1. The van der Waals surface area contributed by atoms with Crippen molar-refractivity contribution in [2.75, 3.05) is 11.9 Å². The molecule has 0 unspecified atom stereocenters. The first kappa shape index (κ1) is 18.4. The Kier molecular flexibility index (Phi) is 5.35. The summed E-state index contributed by atoms with van der Waals surface area (Å²) < 4.78 is 27.6. The molecule has 3 N–H and O–H groups in total. The predicted octanol–water partition coefficient (Wildman–Crippen LogP) is 1.57. The first-order valence-electron chi connectivity index (χ1n) is 6.97. The number of nitrogens with one attached hydrogen (secondary N) is 1. The average Bonchev–Trinajstić information content (AvgIpc) is 2.53. The quantitative estimate of drug-likeness (QED) is 0.588. The number of nitrogens with zero attached hydrogens (tertiary/aromatic N) is 1. The zero-order chi connectivity index (χ0) is 18.6. The van der Waals surface area contributed by atoms with Crippen LogP contribution < -0.4 is 15.2 Å². The molecule has 0 saturated carbocycles. The van der Waals surface area contributed by atoms with Gasteiger partial charge in [-0.25, -0.2) is 13.6 Å². The van der Waals surface area contributed by atoms with E-state index in [1.54, 1.807) is 6.92 Å². The van der Waals surface area contributed by atoms with E-state index in [9.17, 15) is 23.3 Å². The Labute approximate surface area is 143 Å². The van der Waals surface area contributed by atoms with Gasteiger partial charge in [0.15, 0.2) is 6.61 Å². The number of benzene rings is 2. The number of ether oxygens (including phenoxy) is 1. The number of anilines is 1. The van der Waals surface area contributed by atoms with Crippen molar-refractivity contribution < 1.29 is 22.9 Å². The monoisotopic (exact) mass is 365 g/mol. The van der Waals surface area contributed by atoms with E-state index in [0.717, 1.165) is 0 Å². The summed E-state index contributed by atoms with van der Waals surface area (Å²) in [6.07, 6.45) is 0. The van der Waals surface area contributed by atoms with E-state index in [0.29, 0.717) is 17.0 Å². The summed E-state index contributed by atoms with van der Waals surface area (Å²) in [5.41, 5.74) is 0.838. The van der Waals surface area contributed by atoms with Gasteiger partial charge in [0.25, 0.3) is 11.6 Å². The molecule has 9 nitrogen and oxygen atoms in total. The van der Waals surface area contributed by atoms with Crippen molar-refractivity contribution in [1.82, 2.24) is 0 Å². The van der Waals surface area contributed by atoms with E-state index < -0.39 is 20.9 Å². The molecule has 0 heterocycles. The van der Waals surface area contributed by atoms with Crippen molar-refractivity contribution >= 4 is 27.3 Å². The van der Waals surface area contributed by atoms with Crippen LogP contribution in [-0.2, 0) is 14.8 Å². The van der Waals surface area contributed by atoms with E-state index >= 15 is 0 Å². The number of hydrogen-bond donors (Lipinski definition) is 2. The highest BCUT2D eigenvalue weighted by Crippen LogP contribution is 2.23. The van der Waals surface area contributed by atoms with Gasteiger partial charge in [0.2, 0.25) is 10.0 Å². The molecule has 132 valence electrons. The molecule has 25 heavy (non-hydrogen) atoms. The molecule has 0 aliphatic carbocycles. The topological polar surface area (TPSA) is 142 Å². The molecular weight excluding hydrogens is 350 g/mol. The van der Waals surface area contributed by atoms with Gasteiger partial charge in [-0.3, -0.25) is 14.9 Å². The van der Waals surface area contributed by atoms with Crippen LogP contribution in [0.5, 0.6) is 5.75 Å². The van der Waals surface area contributed by atoms with Crippen LogP contribution in [0.25, 0.3) is 0 Å². The predicted molar refractivity (Wildman–Crippen MR) is 89.8 cm³/mol. The molecule has 0 fully saturated rings. The molecule has 10 heteroatoms. The minimum absolute atomic E-state index is 0.0655. The Bertz CT molecular complexity index is 909. The maximum absolute atomic E-state index is 11.9. The Morgan fingerprint density at radius 2 is 1.88 bits per heavy atom. The lowest BCUT2D eigenvalue weighted by atomic mass is 10.2. The van der Waals surface area contributed by atoms with Gasteiger partial charge in [0.1, 0.15) is 5.75 Å². The van der Waals surface area contributed by atoms with E-state index in [4.69, 9.17) is 9.88 Å². The van der Waals surface area contributed by atoms with Crippen LogP contribution in [0.15, 0.2) is 47.4 Å². The van der Waals surface area contributed by atoms with Crippen molar-refractivity contribution in [1.29, 1.82) is 0 Å². The van der Waals surface area contributed by atoms with Crippen LogP contribution in [0, 0.1) is 17.0 Å². The van der Waals surface area contributed by atoms with Crippen LogP contribution in [-0.4, -0.2) is 25.9 Å². The SMILES string of the molecule is Cc1cc([N+](=O)[O-])ccc1OCC(=O)Nc1ccc(S(N)(=O)=O)cc1. The third kappa shape index (κ3) is 4.99. The van der Waals surface area contributed by atoms with E-state index in [1.807, 2.05) is 0 Å². The molecule has 0 atom stereocenters. The normalized spacial score (nSPS) is 11.0. The summed E-state index contributed by atoms with van der Waals surface area (Å²) in [5, 5.41) is 18.2. The highest BCUT2D eigenvalue weighted by Gasteiger charge is 2.11. The molecule has 0 aliphatic rings. The van der Waals surface area contributed by atoms with Gasteiger partial charge >= 0.3 is 0 Å². The van der Waals surface area contributed by atoms with E-state index in [1.165, 1.54) is 42.5 Å². The minimum Gasteiger partial charge on any atom is -0.483 e. The fourth-order valence-electron chi connectivity index (χ4n) is 1.98. The first-order valence-corrected chi connectivity index (χ1v) is 8.52. The lowest BCUT2D eigenvalue weighted by Gasteiger charge is -2.09. The van der Waals surface area contributed by atoms with E-state index in [2.05, 4.69) is 5.32 Å². The molecule has 2 aromatic rings. The van der Waals surface area contributed by atoms with Crippen LogP contribution in [0.1, 0.15) is 5.56 Å². The lowest BCUT2D eigenvalue weighted by Crippen LogP contribution is -2.20. The standard InChI is InChI=1S/C15H15N3O6S/c1-10-8-12(18(20)21)4-7-14(10)24-9-15(19)17-11-2-5-13(6-3-11)25(16,22)23/h2-8H,9H2,1H3,(H,17,19)(H2,16,22,23). The van der Waals surface area contributed by atoms with E-state index in [-0.39, 0.29) is 17.2 Å². The van der Waals surface area contributed by atoms with Gasteiger partial charge in [-0.2, -0.15) is 0 Å². The zero-order valence-corrected chi connectivity index (χ0v) is 13.9. The molecule has 0 bridgehead atoms. The van der Waals surface area contributed by atoms with Gasteiger partial charge in [0, 0.05) is 17.8 Å². The molecule has 2 aromatic carbocycles. The second kappa shape index (κ2) is 7.28. The fourth-order valence-corrected chi connectivity index (χ4v) is 2.49. The second-order valence-electron chi connectivity index (χ2n) is 5.11. The molecule has 1 amide bonds. The Hall–Kier alpha value is -2.98. The van der Waals surface area contributed by atoms with Crippen molar-refractivity contribution in [3.8, 4) is 5.75 Å². The third-order valence-electron chi connectivity index (χ3n) is 3.19. The highest BCUT2D eigenvalue weighted by atomic mass is 32.2. The summed E-state index contributed by atoms with van der Waals surface area (Å²) in [6, 6.07) is 9.38. The van der Waals surface area contributed by atoms with Crippen LogP contribution in [0.3, 0.4) is 0 Å². The van der Waals surface area contributed by atoms with Crippen LogP contribution >= 0.6 is 0 Å². The molecule has 2 rings (SSSR count). The van der Waals surface area contributed by atoms with Gasteiger partial charge in [0.05, 0.1) is 9.82 Å². The number of non-ortho nitro benzene ring substituents is 1. The number of primary sulfonamides is 1. The molecule has 0 spiro atoms. The molecule has 0 saturated heterocycles. The van der Waals surface area contributed by atoms with Gasteiger partial charge in [-0.05, 0) is 42.8 Å². The number of nitro benzene ring substituents is 1. The summed E-state index contributed by atoms with van der Waals surface area (Å²) in [5.74, 6) is -0.119. The molecule has 0 aromatic heterocycles. The number of hydrogen-bond acceptors (Lipinski definition) is 6. The van der Waals surface area contributed by atoms with Gasteiger partial charge < -0.3 is 10.1 Å². The van der Waals surface area contributed by atoms with Gasteiger partial charge in [-0.1, -0.05) is 0 Å². The fraction of sp³-hybridized carbons (Fsp3) is 0.133. The van der Waals surface area contributed by atoms with Crippen molar-refractivity contribution in [2.45, 2.75) is 11.8 Å². The van der Waals surface area contributed by atoms with Crippen molar-refractivity contribution in [2.24, 2.45) is 5.14 Å². The smallest absolute Gasteiger partial charge is 0.269 e. The van der Waals surface area contributed by atoms with Gasteiger partial charge in [-0.15, -0.1) is 0 Å². The highest BCUT2D eigenvalue weighted by molar-refractivity contribution is 7.89. The third-order valence-corrected chi connectivity index (χ3v) is 4.12. The molecule has 0 radical (unpaired) electrons. The average molecular weight is 365 g/mol. The van der Waals surface area contributed by atoms with Crippen LogP contribution in [0.2, 0.25) is 0 Å². The Morgan fingerprint density at radius 1 is 1.24 bits per heavy atom. The maximum Gasteiger partial charge on any atom is 0.269 e. The summed E-state index contributed by atoms with van der Waals surface area (Å²) in [4.78, 5) is 22.0. The zero-order valence-electron chi connectivity index (χ0n) is 13.1. The number of carbonyl (C=O) groups is 1. The number of rotatable bonds is 6. The number of amides is 1. The first-order chi connectivity index (χ1) is 11.7. The Morgan fingerprint density at radius 3 is 2.40 bits per heavy atom. The molecular formula is C15H15N3O6S. The molecule has 0 aliphatic heterocycles. The number of aryl methyl sites for hydroxylation is 1. The Balaban J connectivity index is 1.96. The minimum atomic E-state index is -3.79. The summed E-state index contributed by atoms with van der Waals surface area (Å²) >= 11 is 0. The van der Waals surface area contributed by atoms with Crippen molar-refractivity contribution in [3.05, 3.63) is 58.1 Å². The maximum atomic E-state index is 11.9. The summed E-state index contributed by atoms with van der Waals surface area (Å²) in [7, 11) is -3.79. The largest absolute Gasteiger partial charge is 0.483 e. The number of carbonyl (C=O) groups excluding carboxylic acids is 1. The van der Waals surface area contributed by atoms with Crippen molar-refractivity contribution in [3.63, 3.8) is 0 Å². The lowest BCUT2D eigenvalue weighted by molar-refractivity contribution is -0.384.